The Balaban J connectivity index is -0.0000000900. The molecule has 0 aliphatic heterocycles. The lowest BCUT2D eigenvalue weighted by Crippen LogP contribution is -2.04. The van der Waals surface area contributed by atoms with E-state index in [0.29, 0.717) is 0 Å². The molecule has 0 radical (unpaired) electrons. The maximum absolute atomic E-state index is 3.08. The molecule has 1 heteroatoms. The Morgan fingerprint density at radius 2 is 1.27 bits per heavy atom. The van der Waals surface area contributed by atoms with E-state index < -0.39 is 0 Å². The van der Waals surface area contributed by atoms with Crippen LogP contribution >= 0.6 is 0 Å². The minimum atomic E-state index is 0. The van der Waals surface area contributed by atoms with Gasteiger partial charge in [0.05, 0.1) is 0 Å². The van der Waals surface area contributed by atoms with Crippen molar-refractivity contribution in [2.75, 3.05) is 7.05 Å². The van der Waals surface area contributed by atoms with Gasteiger partial charge >= 0.3 is 0 Å². The molecule has 0 atom stereocenters. The Kier molecular flexibility index (Phi) is 30.5. The van der Waals surface area contributed by atoms with Gasteiger partial charge in [-0.15, -0.1) is 0 Å². The van der Waals surface area contributed by atoms with Crippen LogP contribution in [-0.2, 0) is 6.54 Å². The zero-order chi connectivity index (χ0) is 12.5. The van der Waals surface area contributed by atoms with Crippen LogP contribution in [0, 0.1) is 0 Å². The fourth-order valence-corrected chi connectivity index (χ4v) is 0.800. The van der Waals surface area contributed by atoms with Crippen molar-refractivity contribution in [2.45, 2.75) is 48.1 Å². The van der Waals surface area contributed by atoms with Crippen LogP contribution < -0.4 is 5.32 Å². The molecule has 92 valence electrons. The normalized spacial score (nSPS) is 6.87. The molecule has 0 amide bonds. The Labute approximate surface area is 98.4 Å². The molecule has 0 saturated heterocycles. The Bertz CT molecular complexity index is 164. The van der Waals surface area contributed by atoms with E-state index in [4.69, 9.17) is 0 Å². The molecule has 1 nitrogen and oxygen atoms in total. The van der Waals surface area contributed by atoms with Crippen molar-refractivity contribution in [1.82, 2.24) is 5.32 Å². The van der Waals surface area contributed by atoms with Crippen molar-refractivity contribution >= 4 is 0 Å². The summed E-state index contributed by atoms with van der Waals surface area (Å²) in [4.78, 5) is 0. The van der Waals surface area contributed by atoms with Crippen molar-refractivity contribution in [3.8, 4) is 0 Å². The average molecular weight is 213 g/mol. The lowest BCUT2D eigenvalue weighted by Gasteiger charge is -1.95. The molecule has 1 rings (SSSR count). The van der Waals surface area contributed by atoms with Gasteiger partial charge in [-0.05, 0) is 12.6 Å². The van der Waals surface area contributed by atoms with Crippen LogP contribution in [0.2, 0.25) is 0 Å². The molecule has 0 bridgehead atoms. The SMILES string of the molecule is CC.CC.CC.CNCc1ccccc1.[HH]. The van der Waals surface area contributed by atoms with E-state index in [1.807, 2.05) is 66.8 Å². The molecule has 1 aromatic carbocycles. The lowest BCUT2D eigenvalue weighted by atomic mass is 10.2. The van der Waals surface area contributed by atoms with Crippen molar-refractivity contribution in [3.05, 3.63) is 35.9 Å². The largest absolute Gasteiger partial charge is 0.316 e. The van der Waals surface area contributed by atoms with Crippen LogP contribution in [0.3, 0.4) is 0 Å². The summed E-state index contributed by atoms with van der Waals surface area (Å²) in [5.41, 5.74) is 1.33. The lowest BCUT2D eigenvalue weighted by molar-refractivity contribution is 0.818. The molecular weight excluding hydrogens is 182 g/mol. The third-order valence-electron chi connectivity index (χ3n) is 1.22. The molecule has 0 spiro atoms. The van der Waals surface area contributed by atoms with E-state index in [1.165, 1.54) is 5.56 Å². The van der Waals surface area contributed by atoms with Crippen LogP contribution in [0.5, 0.6) is 0 Å². The zero-order valence-electron chi connectivity index (χ0n) is 11.6. The third-order valence-corrected chi connectivity index (χ3v) is 1.22. The minimum absolute atomic E-state index is 0. The fraction of sp³-hybridized carbons (Fsp3) is 0.571. The first-order valence-corrected chi connectivity index (χ1v) is 6.12. The van der Waals surface area contributed by atoms with Crippen LogP contribution in [-0.4, -0.2) is 7.05 Å². The zero-order valence-corrected chi connectivity index (χ0v) is 11.6. The van der Waals surface area contributed by atoms with Crippen molar-refractivity contribution in [1.29, 1.82) is 0 Å². The summed E-state index contributed by atoms with van der Waals surface area (Å²) in [7, 11) is 1.95. The number of rotatable bonds is 2. The Morgan fingerprint density at radius 3 is 1.60 bits per heavy atom. The summed E-state index contributed by atoms with van der Waals surface area (Å²) < 4.78 is 0. The predicted molar refractivity (Wildman–Crippen MR) is 75.4 cm³/mol. The van der Waals surface area contributed by atoms with Crippen LogP contribution in [0.4, 0.5) is 0 Å². The van der Waals surface area contributed by atoms with E-state index in [2.05, 4.69) is 17.4 Å². The first kappa shape index (κ1) is 19.7. The topological polar surface area (TPSA) is 12.0 Å². The summed E-state index contributed by atoms with van der Waals surface area (Å²) in [6.45, 7) is 13.0. The van der Waals surface area contributed by atoms with Crippen LogP contribution in [0.15, 0.2) is 30.3 Å². The molecule has 0 aliphatic carbocycles. The highest BCUT2D eigenvalue weighted by atomic mass is 14.8. The second kappa shape index (κ2) is 23.2. The summed E-state index contributed by atoms with van der Waals surface area (Å²) in [5, 5.41) is 3.08. The van der Waals surface area contributed by atoms with Gasteiger partial charge in [-0.25, -0.2) is 0 Å². The van der Waals surface area contributed by atoms with Gasteiger partial charge in [0.1, 0.15) is 0 Å². The third kappa shape index (κ3) is 15.9. The van der Waals surface area contributed by atoms with Gasteiger partial charge in [-0.1, -0.05) is 71.9 Å². The molecule has 0 aliphatic rings. The van der Waals surface area contributed by atoms with Gasteiger partial charge in [0.25, 0.3) is 0 Å². The number of nitrogens with one attached hydrogen (secondary N) is 1. The van der Waals surface area contributed by atoms with Crippen molar-refractivity contribution in [2.24, 2.45) is 0 Å². The quantitative estimate of drug-likeness (QED) is 0.749. The minimum Gasteiger partial charge on any atom is -0.316 e. The van der Waals surface area contributed by atoms with E-state index in [-0.39, 0.29) is 1.43 Å². The van der Waals surface area contributed by atoms with Gasteiger partial charge in [-0.3, -0.25) is 0 Å². The average Bonchev–Trinajstić information content (AvgIpc) is 2.38. The first-order valence-electron chi connectivity index (χ1n) is 6.12. The Morgan fingerprint density at radius 1 is 0.867 bits per heavy atom. The predicted octanol–water partition coefficient (Wildman–Crippen LogP) is 4.73. The molecule has 1 aromatic rings. The van der Waals surface area contributed by atoms with Gasteiger partial charge in [0, 0.05) is 7.97 Å². The van der Waals surface area contributed by atoms with Crippen molar-refractivity contribution in [3.63, 3.8) is 0 Å². The highest BCUT2D eigenvalue weighted by Gasteiger charge is 1.83. The van der Waals surface area contributed by atoms with Crippen LogP contribution in [0.1, 0.15) is 48.5 Å². The summed E-state index contributed by atoms with van der Waals surface area (Å²) in [5.74, 6) is 0. The smallest absolute Gasteiger partial charge is 0.0202 e. The number of benzene rings is 1. The maximum atomic E-state index is 3.08. The summed E-state index contributed by atoms with van der Waals surface area (Å²) in [6, 6.07) is 10.3. The Hall–Kier alpha value is -0.820. The second-order valence-corrected chi connectivity index (χ2v) is 2.02. The fourth-order valence-electron chi connectivity index (χ4n) is 0.800. The molecule has 0 aromatic heterocycles. The van der Waals surface area contributed by atoms with Crippen LogP contribution in [0.25, 0.3) is 0 Å². The molecule has 15 heavy (non-hydrogen) atoms. The summed E-state index contributed by atoms with van der Waals surface area (Å²) >= 11 is 0. The molecule has 0 unspecified atom stereocenters. The molecular formula is C14H31N. The second-order valence-electron chi connectivity index (χ2n) is 2.02. The highest BCUT2D eigenvalue weighted by molar-refractivity contribution is 5.13. The molecule has 0 fully saturated rings. The number of hydrogen-bond acceptors (Lipinski definition) is 1. The van der Waals surface area contributed by atoms with Crippen molar-refractivity contribution < 1.29 is 1.43 Å². The highest BCUT2D eigenvalue weighted by Crippen LogP contribution is 1.95. The standard InChI is InChI=1S/C8H11N.3C2H6.H2/c1-9-7-8-5-3-2-4-6-8;3*1-2;/h2-6,9H,7H2,1H3;3*1-2H3;1H. The maximum Gasteiger partial charge on any atom is 0.0202 e. The van der Waals surface area contributed by atoms with E-state index in [1.54, 1.807) is 0 Å². The van der Waals surface area contributed by atoms with E-state index in [0.717, 1.165) is 6.54 Å². The van der Waals surface area contributed by atoms with E-state index >= 15 is 0 Å². The van der Waals surface area contributed by atoms with Gasteiger partial charge in [0.15, 0.2) is 0 Å². The van der Waals surface area contributed by atoms with Gasteiger partial charge in [0.2, 0.25) is 0 Å². The van der Waals surface area contributed by atoms with Gasteiger partial charge in [-0.2, -0.15) is 0 Å². The molecule has 0 heterocycles. The van der Waals surface area contributed by atoms with E-state index in [9.17, 15) is 0 Å². The van der Waals surface area contributed by atoms with Gasteiger partial charge < -0.3 is 5.32 Å². The summed E-state index contributed by atoms with van der Waals surface area (Å²) in [6.07, 6.45) is 0. The number of hydrogen-bond donors (Lipinski definition) is 1. The molecule has 0 saturated carbocycles. The first-order chi connectivity index (χ1) is 7.43. The molecule has 1 N–H and O–H groups in total. The monoisotopic (exact) mass is 213 g/mol.